The third kappa shape index (κ3) is 3.33. The molecule has 7 heteroatoms. The van der Waals surface area contributed by atoms with Crippen molar-refractivity contribution in [2.24, 2.45) is 0 Å². The number of fused-ring (bicyclic) bond motifs is 1. The molecule has 0 aliphatic rings. The molecule has 0 saturated carbocycles. The van der Waals surface area contributed by atoms with Crippen LogP contribution in [0.25, 0.3) is 10.9 Å². The summed E-state index contributed by atoms with van der Waals surface area (Å²) in [5.41, 5.74) is 1.85. The number of nitrogens with zero attached hydrogens (tertiary/aromatic N) is 3. The number of hydrogen-bond donors (Lipinski definition) is 1. The molecule has 0 atom stereocenters. The van der Waals surface area contributed by atoms with Gasteiger partial charge >= 0.3 is 5.69 Å². The van der Waals surface area contributed by atoms with Gasteiger partial charge in [-0.1, -0.05) is 12.0 Å². The van der Waals surface area contributed by atoms with Gasteiger partial charge in [-0.2, -0.15) is 0 Å². The Balaban J connectivity index is 2.11. The van der Waals surface area contributed by atoms with Gasteiger partial charge in [-0.3, -0.25) is 10.1 Å². The smallest absolute Gasteiger partial charge is 0.311 e. The molecule has 3 rings (SSSR count). The number of hydrogen-bond acceptors (Lipinski definition) is 6. The Kier molecular flexibility index (Phi) is 4.44. The molecule has 0 fully saturated rings. The number of benzene rings is 2. The molecule has 124 valence electrons. The zero-order valence-corrected chi connectivity index (χ0v) is 13.4. The summed E-state index contributed by atoms with van der Waals surface area (Å²) in [5.74, 6) is 3.19. The van der Waals surface area contributed by atoms with Crippen molar-refractivity contribution in [2.45, 2.75) is 6.92 Å². The second-order valence-corrected chi connectivity index (χ2v) is 5.10. The van der Waals surface area contributed by atoms with E-state index >= 15 is 0 Å². The maximum Gasteiger partial charge on any atom is 0.311 e. The summed E-state index contributed by atoms with van der Waals surface area (Å²) in [4.78, 5) is 19.2. The second-order valence-electron chi connectivity index (χ2n) is 5.10. The van der Waals surface area contributed by atoms with E-state index < -0.39 is 4.92 Å². The van der Waals surface area contributed by atoms with Crippen molar-refractivity contribution in [1.82, 2.24) is 9.97 Å². The molecule has 7 nitrogen and oxygen atoms in total. The minimum Gasteiger partial charge on any atom is -0.487 e. The third-order valence-corrected chi connectivity index (χ3v) is 3.50. The van der Waals surface area contributed by atoms with E-state index in [1.165, 1.54) is 12.4 Å². The van der Waals surface area contributed by atoms with Gasteiger partial charge in [0.25, 0.3) is 0 Å². The lowest BCUT2D eigenvalue weighted by Crippen LogP contribution is -2.00. The van der Waals surface area contributed by atoms with Crippen LogP contribution in [0.2, 0.25) is 0 Å². The van der Waals surface area contributed by atoms with E-state index in [1.54, 1.807) is 19.1 Å². The van der Waals surface area contributed by atoms with Gasteiger partial charge in [0.1, 0.15) is 12.1 Å². The van der Waals surface area contributed by atoms with E-state index in [4.69, 9.17) is 11.2 Å². The van der Waals surface area contributed by atoms with Crippen LogP contribution in [0.1, 0.15) is 12.5 Å². The summed E-state index contributed by atoms with van der Waals surface area (Å²) in [6, 6.07) is 10.2. The van der Waals surface area contributed by atoms with Crippen molar-refractivity contribution in [3.05, 3.63) is 58.4 Å². The van der Waals surface area contributed by atoms with Crippen LogP contribution in [0.3, 0.4) is 0 Å². The van der Waals surface area contributed by atoms with Gasteiger partial charge in [0.05, 0.1) is 22.4 Å². The molecular weight excluding hydrogens is 320 g/mol. The van der Waals surface area contributed by atoms with Crippen LogP contribution in [-0.2, 0) is 0 Å². The fourth-order valence-electron chi connectivity index (χ4n) is 2.41. The Morgan fingerprint density at radius 2 is 2.16 bits per heavy atom. The molecular formula is C18H14N4O3. The number of anilines is 2. The topological polar surface area (TPSA) is 90.2 Å². The van der Waals surface area contributed by atoms with Crippen LogP contribution in [0.5, 0.6) is 5.75 Å². The van der Waals surface area contributed by atoms with Crippen LogP contribution in [0.15, 0.2) is 42.7 Å². The Morgan fingerprint density at radius 3 is 2.88 bits per heavy atom. The van der Waals surface area contributed by atoms with E-state index in [2.05, 4.69) is 21.2 Å². The molecule has 0 aliphatic heterocycles. The van der Waals surface area contributed by atoms with E-state index in [0.717, 1.165) is 5.69 Å². The van der Waals surface area contributed by atoms with Gasteiger partial charge in [-0.25, -0.2) is 9.97 Å². The van der Waals surface area contributed by atoms with E-state index in [0.29, 0.717) is 28.9 Å². The van der Waals surface area contributed by atoms with Crippen molar-refractivity contribution in [1.29, 1.82) is 0 Å². The van der Waals surface area contributed by atoms with E-state index in [9.17, 15) is 10.1 Å². The number of nitro groups is 1. The largest absolute Gasteiger partial charge is 0.487 e. The maximum absolute atomic E-state index is 11.3. The molecule has 1 N–H and O–H groups in total. The molecule has 0 spiro atoms. The predicted molar refractivity (Wildman–Crippen MR) is 95.0 cm³/mol. The molecule has 25 heavy (non-hydrogen) atoms. The van der Waals surface area contributed by atoms with Crippen LogP contribution in [0, 0.1) is 22.5 Å². The number of rotatable bonds is 5. The number of nitro benzene ring substituents is 1. The lowest BCUT2D eigenvalue weighted by molar-refractivity contribution is -0.385. The molecule has 1 heterocycles. The summed E-state index contributed by atoms with van der Waals surface area (Å²) in [7, 11) is 0. The normalized spacial score (nSPS) is 10.2. The molecule has 3 aromatic rings. The number of aromatic nitrogens is 2. The Labute approximate surface area is 143 Å². The maximum atomic E-state index is 11.3. The fourth-order valence-corrected chi connectivity index (χ4v) is 2.41. The Bertz CT molecular complexity index is 995. The van der Waals surface area contributed by atoms with E-state index in [1.807, 2.05) is 18.2 Å². The first-order valence-electron chi connectivity index (χ1n) is 7.52. The zero-order chi connectivity index (χ0) is 17.8. The Hall–Kier alpha value is -3.66. The van der Waals surface area contributed by atoms with Gasteiger partial charge in [0.2, 0.25) is 0 Å². The third-order valence-electron chi connectivity index (χ3n) is 3.50. The van der Waals surface area contributed by atoms with Gasteiger partial charge in [-0.15, -0.1) is 6.42 Å². The number of ether oxygens (including phenoxy) is 1. The highest BCUT2D eigenvalue weighted by Gasteiger charge is 2.19. The summed E-state index contributed by atoms with van der Waals surface area (Å²) in [5, 5.41) is 15.0. The van der Waals surface area contributed by atoms with Crippen molar-refractivity contribution in [3.63, 3.8) is 0 Å². The second kappa shape index (κ2) is 6.84. The number of terminal acetylenes is 1. The highest BCUT2D eigenvalue weighted by Crippen LogP contribution is 2.34. The molecule has 0 radical (unpaired) electrons. The minimum absolute atomic E-state index is 0.135. The average molecular weight is 334 g/mol. The van der Waals surface area contributed by atoms with Gasteiger partial charge < -0.3 is 10.1 Å². The summed E-state index contributed by atoms with van der Waals surface area (Å²) in [6.45, 7) is 2.08. The highest BCUT2D eigenvalue weighted by atomic mass is 16.6. The lowest BCUT2D eigenvalue weighted by atomic mass is 10.1. The van der Waals surface area contributed by atoms with E-state index in [-0.39, 0.29) is 11.4 Å². The van der Waals surface area contributed by atoms with Crippen molar-refractivity contribution in [3.8, 4) is 18.1 Å². The average Bonchev–Trinajstić information content (AvgIpc) is 2.61. The molecule has 0 unspecified atom stereocenters. The van der Waals surface area contributed by atoms with Crippen LogP contribution < -0.4 is 10.1 Å². The molecule has 2 aromatic carbocycles. The zero-order valence-electron chi connectivity index (χ0n) is 13.4. The standard InChI is InChI=1S/C18H14N4O3/c1-3-12-6-5-7-13(8-12)21-18-14-9-16(22(23)24)17(25-4-2)10-15(14)19-11-20-18/h1,5-11H,4H2,2H3,(H,19,20,21). The van der Waals surface area contributed by atoms with Crippen LogP contribution in [-0.4, -0.2) is 21.5 Å². The quantitative estimate of drug-likeness (QED) is 0.435. The SMILES string of the molecule is C#Cc1cccc(Nc2ncnc3cc(OCC)c([N+](=O)[O-])cc23)c1. The molecule has 0 aliphatic carbocycles. The first-order valence-corrected chi connectivity index (χ1v) is 7.52. The highest BCUT2D eigenvalue weighted by molar-refractivity contribution is 5.93. The first-order chi connectivity index (χ1) is 12.1. The van der Waals surface area contributed by atoms with Crippen LogP contribution in [0.4, 0.5) is 17.2 Å². The van der Waals surface area contributed by atoms with Crippen molar-refractivity contribution < 1.29 is 9.66 Å². The van der Waals surface area contributed by atoms with Crippen LogP contribution >= 0.6 is 0 Å². The van der Waals surface area contributed by atoms with Gasteiger partial charge in [0, 0.05) is 23.4 Å². The molecule has 0 saturated heterocycles. The fraction of sp³-hybridized carbons (Fsp3) is 0.111. The van der Waals surface area contributed by atoms with Gasteiger partial charge in [0.15, 0.2) is 5.75 Å². The predicted octanol–water partition coefficient (Wildman–Crippen LogP) is 3.66. The minimum atomic E-state index is -0.486. The van der Waals surface area contributed by atoms with Gasteiger partial charge in [-0.05, 0) is 25.1 Å². The van der Waals surface area contributed by atoms with Crippen molar-refractivity contribution >= 4 is 28.1 Å². The number of nitrogens with one attached hydrogen (secondary N) is 1. The monoisotopic (exact) mass is 334 g/mol. The molecule has 0 amide bonds. The first kappa shape index (κ1) is 16.2. The summed E-state index contributed by atoms with van der Waals surface area (Å²) in [6.07, 6.45) is 6.79. The molecule has 0 bridgehead atoms. The molecule has 1 aromatic heterocycles. The van der Waals surface area contributed by atoms with Crippen molar-refractivity contribution in [2.75, 3.05) is 11.9 Å². The Morgan fingerprint density at radius 1 is 1.32 bits per heavy atom. The summed E-state index contributed by atoms with van der Waals surface area (Å²) >= 11 is 0. The lowest BCUT2D eigenvalue weighted by Gasteiger charge is -2.10. The summed E-state index contributed by atoms with van der Waals surface area (Å²) < 4.78 is 5.35.